The number of aliphatic hydroxyl groups is 1. The number of hydrogen-bond acceptors (Lipinski definition) is 5. The maximum Gasteiger partial charge on any atom is 0.404 e. The second kappa shape index (κ2) is 9.50. The van der Waals surface area contributed by atoms with Crippen LogP contribution in [0.2, 0.25) is 0 Å². The molecule has 3 atom stereocenters. The van der Waals surface area contributed by atoms with Crippen molar-refractivity contribution in [1.29, 1.82) is 0 Å². The zero-order valence-electron chi connectivity index (χ0n) is 19.2. The SMILES string of the molecule is CNC(=O)O.COc1cncc2c1C1(O)CCC(c3ccccc3)C1(c1ccc(C(F)F)cc1)O2. The molecule has 1 aliphatic carbocycles. The van der Waals surface area contributed by atoms with Gasteiger partial charge in [0.2, 0.25) is 0 Å². The molecule has 3 N–H and O–H groups in total. The number of ether oxygens (including phenoxy) is 2. The molecule has 3 unspecified atom stereocenters. The van der Waals surface area contributed by atoms with Crippen LogP contribution in [0.1, 0.15) is 47.4 Å². The zero-order valence-corrected chi connectivity index (χ0v) is 19.2. The third-order valence-electron chi connectivity index (χ3n) is 6.69. The van der Waals surface area contributed by atoms with Crippen LogP contribution in [0.25, 0.3) is 0 Å². The monoisotopic (exact) mass is 484 g/mol. The molecule has 1 fully saturated rings. The van der Waals surface area contributed by atoms with Crippen LogP contribution in [-0.4, -0.2) is 35.4 Å². The van der Waals surface area contributed by atoms with Crippen molar-refractivity contribution in [1.82, 2.24) is 10.3 Å². The number of nitrogens with one attached hydrogen (secondary N) is 1. The van der Waals surface area contributed by atoms with Gasteiger partial charge in [-0.3, -0.25) is 4.98 Å². The molecule has 0 bridgehead atoms. The fraction of sp³-hybridized carbons (Fsp3) is 0.308. The van der Waals surface area contributed by atoms with Crippen LogP contribution in [0.5, 0.6) is 11.5 Å². The summed E-state index contributed by atoms with van der Waals surface area (Å²) in [6.45, 7) is 0. The van der Waals surface area contributed by atoms with Gasteiger partial charge in [-0.25, -0.2) is 13.6 Å². The average Bonchev–Trinajstić information content (AvgIpc) is 3.32. The summed E-state index contributed by atoms with van der Waals surface area (Å²) in [5, 5.41) is 21.7. The summed E-state index contributed by atoms with van der Waals surface area (Å²) >= 11 is 0. The molecule has 0 radical (unpaired) electrons. The van der Waals surface area contributed by atoms with E-state index >= 15 is 0 Å². The number of aromatic nitrogens is 1. The van der Waals surface area contributed by atoms with Gasteiger partial charge in [0.1, 0.15) is 17.1 Å². The molecule has 0 saturated heterocycles. The molecule has 184 valence electrons. The molecule has 2 heterocycles. The molecule has 3 aromatic rings. The lowest BCUT2D eigenvalue weighted by molar-refractivity contribution is -0.106. The topological polar surface area (TPSA) is 101 Å². The van der Waals surface area contributed by atoms with Crippen LogP contribution in [-0.2, 0) is 11.2 Å². The third-order valence-corrected chi connectivity index (χ3v) is 6.69. The fourth-order valence-corrected chi connectivity index (χ4v) is 5.19. The Morgan fingerprint density at radius 1 is 1.17 bits per heavy atom. The van der Waals surface area contributed by atoms with Gasteiger partial charge >= 0.3 is 6.09 Å². The molecule has 1 aliphatic heterocycles. The van der Waals surface area contributed by atoms with Gasteiger partial charge in [-0.05, 0) is 24.0 Å². The van der Waals surface area contributed by atoms with E-state index in [9.17, 15) is 18.7 Å². The van der Waals surface area contributed by atoms with Crippen LogP contribution in [0.4, 0.5) is 13.6 Å². The van der Waals surface area contributed by atoms with E-state index in [4.69, 9.17) is 14.6 Å². The maximum absolute atomic E-state index is 13.2. The van der Waals surface area contributed by atoms with Gasteiger partial charge in [-0.2, -0.15) is 0 Å². The highest BCUT2D eigenvalue weighted by molar-refractivity contribution is 5.63. The number of carbonyl (C=O) groups is 1. The van der Waals surface area contributed by atoms with Gasteiger partial charge in [0, 0.05) is 18.5 Å². The lowest BCUT2D eigenvalue weighted by Crippen LogP contribution is -2.48. The number of hydrogen-bond donors (Lipinski definition) is 3. The Labute approximate surface area is 201 Å². The number of pyridine rings is 1. The normalized spacial score (nSPS) is 24.0. The number of nitrogens with zero attached hydrogens (tertiary/aromatic N) is 1. The van der Waals surface area contributed by atoms with Crippen molar-refractivity contribution in [2.75, 3.05) is 14.2 Å². The molecule has 5 rings (SSSR count). The molecule has 7 nitrogen and oxygen atoms in total. The summed E-state index contributed by atoms with van der Waals surface area (Å²) in [5.74, 6) is 0.725. The summed E-state index contributed by atoms with van der Waals surface area (Å²) in [4.78, 5) is 13.4. The molecule has 9 heteroatoms. The van der Waals surface area contributed by atoms with Gasteiger partial charge in [-0.1, -0.05) is 54.6 Å². The second-order valence-corrected chi connectivity index (χ2v) is 8.39. The molecular weight excluding hydrogens is 458 g/mol. The highest BCUT2D eigenvalue weighted by Gasteiger charge is 2.69. The quantitative estimate of drug-likeness (QED) is 0.484. The Balaban J connectivity index is 0.000000527. The largest absolute Gasteiger partial charge is 0.495 e. The molecular formula is C26H26F2N2O5. The van der Waals surface area contributed by atoms with E-state index < -0.39 is 23.7 Å². The van der Waals surface area contributed by atoms with Gasteiger partial charge in [-0.15, -0.1) is 0 Å². The Hall–Kier alpha value is -3.72. The van der Waals surface area contributed by atoms with Crippen molar-refractivity contribution in [2.24, 2.45) is 0 Å². The molecule has 2 aliphatic rings. The first-order valence-electron chi connectivity index (χ1n) is 11.1. The Kier molecular flexibility index (Phi) is 6.62. The first-order chi connectivity index (χ1) is 16.8. The first-order valence-corrected chi connectivity index (χ1v) is 11.1. The van der Waals surface area contributed by atoms with Gasteiger partial charge in [0.25, 0.3) is 6.43 Å². The second-order valence-electron chi connectivity index (χ2n) is 8.39. The number of amides is 1. The Morgan fingerprint density at radius 2 is 1.83 bits per heavy atom. The smallest absolute Gasteiger partial charge is 0.404 e. The first kappa shape index (κ1) is 24.4. The van der Waals surface area contributed by atoms with Gasteiger partial charge in [0.05, 0.1) is 25.1 Å². The number of fused-ring (bicyclic) bond motifs is 3. The molecule has 1 saturated carbocycles. The van der Waals surface area contributed by atoms with Crippen molar-refractivity contribution >= 4 is 6.09 Å². The predicted octanol–water partition coefficient (Wildman–Crippen LogP) is 4.96. The minimum Gasteiger partial charge on any atom is -0.495 e. The highest BCUT2D eigenvalue weighted by Crippen LogP contribution is 2.67. The minimum absolute atomic E-state index is 0.0669. The van der Waals surface area contributed by atoms with E-state index in [0.717, 1.165) is 5.56 Å². The van der Waals surface area contributed by atoms with E-state index in [1.54, 1.807) is 24.5 Å². The number of benzene rings is 2. The predicted molar refractivity (Wildman–Crippen MR) is 124 cm³/mol. The summed E-state index contributed by atoms with van der Waals surface area (Å²) < 4.78 is 38.4. The van der Waals surface area contributed by atoms with Gasteiger partial charge in [0.15, 0.2) is 5.60 Å². The molecule has 35 heavy (non-hydrogen) atoms. The van der Waals surface area contributed by atoms with E-state index in [0.29, 0.717) is 35.5 Å². The Morgan fingerprint density at radius 3 is 2.40 bits per heavy atom. The van der Waals surface area contributed by atoms with Crippen molar-refractivity contribution in [3.63, 3.8) is 0 Å². The third kappa shape index (κ3) is 3.95. The zero-order chi connectivity index (χ0) is 25.2. The standard InChI is InChI=1S/C24H21F2NO3.C2H5NO2/c1-29-19-13-27-14-20-21(19)23(28)12-11-18(15-5-3-2-4-6-15)24(23,30-20)17-9-7-16(8-10-17)22(25)26;1-3-2(4)5/h2-10,13-14,18,22,28H,11-12H2,1H3;3H,1H3,(H,4,5). The highest BCUT2D eigenvalue weighted by atomic mass is 19.3. The average molecular weight is 484 g/mol. The van der Waals surface area contributed by atoms with E-state index in [1.165, 1.54) is 26.3 Å². The summed E-state index contributed by atoms with van der Waals surface area (Å²) in [5.41, 5.74) is -0.388. The lowest BCUT2D eigenvalue weighted by Gasteiger charge is -2.40. The van der Waals surface area contributed by atoms with E-state index in [2.05, 4.69) is 4.98 Å². The molecule has 2 aromatic carbocycles. The number of rotatable bonds is 4. The summed E-state index contributed by atoms with van der Waals surface area (Å²) in [6, 6.07) is 15.9. The minimum atomic E-state index is -2.56. The van der Waals surface area contributed by atoms with Crippen molar-refractivity contribution in [3.8, 4) is 11.5 Å². The molecule has 0 spiro atoms. The number of halogens is 2. The Bertz CT molecular complexity index is 1190. The van der Waals surface area contributed by atoms with Crippen LogP contribution >= 0.6 is 0 Å². The van der Waals surface area contributed by atoms with E-state index in [1.807, 2.05) is 35.6 Å². The molecule has 1 amide bonds. The van der Waals surface area contributed by atoms with Gasteiger partial charge < -0.3 is 25.0 Å². The van der Waals surface area contributed by atoms with Crippen LogP contribution < -0.4 is 14.8 Å². The van der Waals surface area contributed by atoms with Crippen LogP contribution in [0.15, 0.2) is 67.0 Å². The van der Waals surface area contributed by atoms with Crippen molar-refractivity contribution in [2.45, 2.75) is 36.4 Å². The van der Waals surface area contributed by atoms with Crippen LogP contribution in [0, 0.1) is 0 Å². The van der Waals surface area contributed by atoms with Crippen molar-refractivity contribution < 1.29 is 33.3 Å². The van der Waals surface area contributed by atoms with E-state index in [-0.39, 0.29) is 11.5 Å². The summed E-state index contributed by atoms with van der Waals surface area (Å²) in [6.07, 6.45) is 0.690. The fourth-order valence-electron chi connectivity index (χ4n) is 5.19. The van der Waals surface area contributed by atoms with Crippen LogP contribution in [0.3, 0.4) is 0 Å². The maximum atomic E-state index is 13.2. The molecule has 1 aromatic heterocycles. The number of alkyl halides is 2. The van der Waals surface area contributed by atoms with Crippen molar-refractivity contribution in [3.05, 3.63) is 89.2 Å². The number of methoxy groups -OCH3 is 1. The number of carboxylic acid groups (broad SMARTS) is 1. The summed E-state index contributed by atoms with van der Waals surface area (Å²) in [7, 11) is 2.88. The lowest BCUT2D eigenvalue weighted by atomic mass is 9.71.